The number of nitrogens with zero attached hydrogens (tertiary/aromatic N) is 2. The number of aromatic amines is 1. The molecule has 8 heteroatoms. The van der Waals surface area contributed by atoms with Crippen LogP contribution in [0, 0.1) is 0 Å². The molecule has 0 aliphatic carbocycles. The van der Waals surface area contributed by atoms with Crippen LogP contribution in [0.5, 0.6) is 0 Å². The van der Waals surface area contributed by atoms with Gasteiger partial charge in [0.05, 0.1) is 5.69 Å². The Hall–Kier alpha value is -2.22. The van der Waals surface area contributed by atoms with Gasteiger partial charge in [-0.05, 0) is 24.5 Å². The van der Waals surface area contributed by atoms with Gasteiger partial charge in [0.15, 0.2) is 0 Å². The van der Waals surface area contributed by atoms with Crippen molar-refractivity contribution in [2.75, 3.05) is 12.0 Å². The summed E-state index contributed by atoms with van der Waals surface area (Å²) in [6.07, 6.45) is 3.66. The highest BCUT2D eigenvalue weighted by atomic mass is 32.2. The number of aryl methyl sites for hydroxylation is 1. The summed E-state index contributed by atoms with van der Waals surface area (Å²) in [6, 6.07) is 4.44. The maximum absolute atomic E-state index is 12.0. The standard InChI is InChI=1S/C13H16N4O3S/c1-17-5-3-4-11(17)8-6-9(16-15-8)12(18)14-10(7-21-2)13(19)20/h3-6,10H,7H2,1-2H3,(H,14,18)(H,15,16)(H,19,20)/t10-/m0/s1. The monoisotopic (exact) mass is 308 g/mol. The smallest absolute Gasteiger partial charge is 0.327 e. The second-order valence-corrected chi connectivity index (χ2v) is 5.40. The van der Waals surface area contributed by atoms with Gasteiger partial charge in [0.2, 0.25) is 0 Å². The van der Waals surface area contributed by atoms with Gasteiger partial charge >= 0.3 is 5.97 Å². The van der Waals surface area contributed by atoms with Crippen LogP contribution in [0.3, 0.4) is 0 Å². The Labute approximate surface area is 125 Å². The van der Waals surface area contributed by atoms with Crippen molar-refractivity contribution in [1.82, 2.24) is 20.1 Å². The minimum Gasteiger partial charge on any atom is -0.480 e. The number of rotatable bonds is 6. The Kier molecular flexibility index (Phi) is 4.69. The molecule has 3 N–H and O–H groups in total. The van der Waals surface area contributed by atoms with E-state index in [-0.39, 0.29) is 5.69 Å². The lowest BCUT2D eigenvalue weighted by Gasteiger charge is -2.11. The highest BCUT2D eigenvalue weighted by Gasteiger charge is 2.21. The van der Waals surface area contributed by atoms with Crippen LogP contribution >= 0.6 is 11.8 Å². The molecule has 1 amide bonds. The molecule has 0 spiro atoms. The van der Waals surface area contributed by atoms with Crippen LogP contribution in [-0.2, 0) is 11.8 Å². The van der Waals surface area contributed by atoms with Crippen molar-refractivity contribution in [2.45, 2.75) is 6.04 Å². The fourth-order valence-electron chi connectivity index (χ4n) is 1.87. The number of amides is 1. The van der Waals surface area contributed by atoms with Crippen molar-refractivity contribution in [1.29, 1.82) is 0 Å². The van der Waals surface area contributed by atoms with Crippen LogP contribution in [0.25, 0.3) is 11.4 Å². The molecule has 0 aromatic carbocycles. The summed E-state index contributed by atoms with van der Waals surface area (Å²) in [5.74, 6) is -1.23. The highest BCUT2D eigenvalue weighted by molar-refractivity contribution is 7.98. The fourth-order valence-corrected chi connectivity index (χ4v) is 2.43. The summed E-state index contributed by atoms with van der Waals surface area (Å²) in [5.41, 5.74) is 1.73. The lowest BCUT2D eigenvalue weighted by molar-refractivity contribution is -0.138. The summed E-state index contributed by atoms with van der Waals surface area (Å²) in [7, 11) is 1.88. The van der Waals surface area contributed by atoms with Crippen LogP contribution < -0.4 is 5.32 Å². The molecule has 0 fully saturated rings. The largest absolute Gasteiger partial charge is 0.480 e. The van der Waals surface area contributed by atoms with E-state index in [1.807, 2.05) is 29.9 Å². The first kappa shape index (κ1) is 15.2. The summed E-state index contributed by atoms with van der Waals surface area (Å²) in [5, 5.41) is 18.2. The van der Waals surface area contributed by atoms with E-state index >= 15 is 0 Å². The third-order valence-electron chi connectivity index (χ3n) is 2.97. The maximum atomic E-state index is 12.0. The SMILES string of the molecule is CSC[C@H](NC(=O)c1cc(-c2cccn2C)n[nH]1)C(=O)O. The van der Waals surface area contributed by atoms with Gasteiger partial charge in [-0.3, -0.25) is 9.89 Å². The normalized spacial score (nSPS) is 12.1. The lowest BCUT2D eigenvalue weighted by Crippen LogP contribution is -2.42. The molecule has 0 saturated carbocycles. The molecule has 2 aromatic rings. The molecule has 2 heterocycles. The van der Waals surface area contributed by atoms with Crippen molar-refractivity contribution in [3.63, 3.8) is 0 Å². The minimum absolute atomic E-state index is 0.235. The number of carbonyl (C=O) groups is 2. The molecule has 2 rings (SSSR count). The average Bonchev–Trinajstić information content (AvgIpc) is 3.06. The zero-order chi connectivity index (χ0) is 15.4. The van der Waals surface area contributed by atoms with E-state index in [0.29, 0.717) is 11.4 Å². The Morgan fingerprint density at radius 3 is 2.90 bits per heavy atom. The Morgan fingerprint density at radius 1 is 1.57 bits per heavy atom. The molecule has 0 aliphatic heterocycles. The predicted molar refractivity (Wildman–Crippen MR) is 80.3 cm³/mol. The van der Waals surface area contributed by atoms with E-state index in [1.54, 1.807) is 12.3 Å². The van der Waals surface area contributed by atoms with Gasteiger partial charge in [-0.2, -0.15) is 16.9 Å². The van der Waals surface area contributed by atoms with E-state index in [0.717, 1.165) is 5.69 Å². The van der Waals surface area contributed by atoms with E-state index in [1.165, 1.54) is 11.8 Å². The first-order chi connectivity index (χ1) is 10.0. The second-order valence-electron chi connectivity index (χ2n) is 4.49. The van der Waals surface area contributed by atoms with Gasteiger partial charge in [0.25, 0.3) is 5.91 Å². The van der Waals surface area contributed by atoms with Crippen molar-refractivity contribution in [2.24, 2.45) is 7.05 Å². The number of H-pyrrole nitrogens is 1. The summed E-state index contributed by atoms with van der Waals surface area (Å²) in [6.45, 7) is 0. The fraction of sp³-hybridized carbons (Fsp3) is 0.308. The number of thioether (sulfide) groups is 1. The number of aliphatic carboxylic acids is 1. The first-order valence-corrected chi connectivity index (χ1v) is 7.62. The zero-order valence-corrected chi connectivity index (χ0v) is 12.5. The van der Waals surface area contributed by atoms with Gasteiger partial charge in [0.1, 0.15) is 17.4 Å². The van der Waals surface area contributed by atoms with Crippen LogP contribution in [0.4, 0.5) is 0 Å². The quantitative estimate of drug-likeness (QED) is 0.738. The van der Waals surface area contributed by atoms with E-state index < -0.39 is 17.9 Å². The van der Waals surface area contributed by atoms with Crippen LogP contribution in [0.2, 0.25) is 0 Å². The number of hydrogen-bond donors (Lipinski definition) is 3. The summed E-state index contributed by atoms with van der Waals surface area (Å²) < 4.78 is 1.88. The Morgan fingerprint density at radius 2 is 2.33 bits per heavy atom. The van der Waals surface area contributed by atoms with Gasteiger partial charge < -0.3 is 15.0 Å². The number of nitrogens with one attached hydrogen (secondary N) is 2. The second kappa shape index (κ2) is 6.49. The van der Waals surface area contributed by atoms with Crippen LogP contribution in [0.15, 0.2) is 24.4 Å². The van der Waals surface area contributed by atoms with E-state index in [9.17, 15) is 9.59 Å². The van der Waals surface area contributed by atoms with Gasteiger partial charge in [-0.25, -0.2) is 4.79 Å². The van der Waals surface area contributed by atoms with Crippen molar-refractivity contribution in [3.8, 4) is 11.4 Å². The average molecular weight is 308 g/mol. The van der Waals surface area contributed by atoms with Crippen LogP contribution in [0.1, 0.15) is 10.5 Å². The van der Waals surface area contributed by atoms with E-state index in [4.69, 9.17) is 5.11 Å². The summed E-state index contributed by atoms with van der Waals surface area (Å²) >= 11 is 1.36. The summed E-state index contributed by atoms with van der Waals surface area (Å²) in [4.78, 5) is 23.1. The lowest BCUT2D eigenvalue weighted by atomic mass is 10.2. The number of carbonyl (C=O) groups excluding carboxylic acids is 1. The molecule has 0 unspecified atom stereocenters. The molecule has 1 atom stereocenters. The molecule has 0 radical (unpaired) electrons. The molecule has 7 nitrogen and oxygen atoms in total. The molecule has 0 saturated heterocycles. The molecule has 0 bridgehead atoms. The number of hydrogen-bond acceptors (Lipinski definition) is 4. The molecular weight excluding hydrogens is 292 g/mol. The Bertz CT molecular complexity index is 649. The third-order valence-corrected chi connectivity index (χ3v) is 3.63. The highest BCUT2D eigenvalue weighted by Crippen LogP contribution is 2.17. The third kappa shape index (κ3) is 3.46. The molecular formula is C13H16N4O3S. The van der Waals surface area contributed by atoms with Gasteiger partial charge in [-0.1, -0.05) is 0 Å². The minimum atomic E-state index is -1.06. The number of aromatic nitrogens is 3. The Balaban J connectivity index is 2.12. The van der Waals surface area contributed by atoms with Gasteiger partial charge in [0, 0.05) is 19.0 Å². The van der Waals surface area contributed by atoms with Crippen LogP contribution in [-0.4, -0.2) is 49.8 Å². The van der Waals surface area contributed by atoms with Gasteiger partial charge in [-0.15, -0.1) is 0 Å². The number of carboxylic acid groups (broad SMARTS) is 1. The zero-order valence-electron chi connectivity index (χ0n) is 11.7. The predicted octanol–water partition coefficient (Wildman–Crippen LogP) is 0.961. The molecule has 2 aromatic heterocycles. The first-order valence-electron chi connectivity index (χ1n) is 6.22. The maximum Gasteiger partial charge on any atom is 0.327 e. The topological polar surface area (TPSA) is 100 Å². The van der Waals surface area contributed by atoms with E-state index in [2.05, 4.69) is 15.5 Å². The molecule has 0 aliphatic rings. The molecule has 112 valence electrons. The number of carboxylic acids is 1. The van der Waals surface area contributed by atoms with Crippen molar-refractivity contribution < 1.29 is 14.7 Å². The van der Waals surface area contributed by atoms with Crippen molar-refractivity contribution >= 4 is 23.6 Å². The molecule has 21 heavy (non-hydrogen) atoms. The van der Waals surface area contributed by atoms with Crippen molar-refractivity contribution in [3.05, 3.63) is 30.1 Å².